The Morgan fingerprint density at radius 3 is 2.50 bits per heavy atom. The lowest BCUT2D eigenvalue weighted by atomic mass is 9.98. The van der Waals surface area contributed by atoms with E-state index in [-0.39, 0.29) is 11.9 Å². The number of piperidine rings is 1. The van der Waals surface area contributed by atoms with Crippen LogP contribution in [0.15, 0.2) is 0 Å². The monoisotopic (exact) mass is 304 g/mol. The van der Waals surface area contributed by atoms with Gasteiger partial charge in [0.25, 0.3) is 0 Å². The molecule has 0 radical (unpaired) electrons. The fourth-order valence-corrected chi connectivity index (χ4v) is 4.62. The third kappa shape index (κ3) is 4.69. The molecule has 0 amide bonds. The Kier molecular flexibility index (Phi) is 5.84. The van der Waals surface area contributed by atoms with E-state index in [2.05, 4.69) is 19.2 Å². The quantitative estimate of drug-likeness (QED) is 0.801. The minimum absolute atomic E-state index is 0.0830. The molecule has 1 N–H and O–H groups in total. The normalized spacial score (nSPS) is 26.4. The average molecular weight is 304 g/mol. The van der Waals surface area contributed by atoms with Crippen LogP contribution in [0.5, 0.6) is 0 Å². The summed E-state index contributed by atoms with van der Waals surface area (Å²) in [5.41, 5.74) is 0. The summed E-state index contributed by atoms with van der Waals surface area (Å²) >= 11 is 0. The fraction of sp³-hybridized carbons (Fsp3) is 1.00. The number of hydrogen-bond acceptors (Lipinski definition) is 4. The van der Waals surface area contributed by atoms with E-state index in [1.54, 1.807) is 4.31 Å². The first-order valence-corrected chi connectivity index (χ1v) is 9.41. The van der Waals surface area contributed by atoms with E-state index < -0.39 is 10.0 Å². The van der Waals surface area contributed by atoms with Crippen LogP contribution in [0.4, 0.5) is 0 Å². The standard InChI is InChI=1S/C14H28N2O3S/c1-12(2)15-10-13-5-7-16(8-6-13)20(17,18)11-14-4-3-9-19-14/h12-15H,3-11H2,1-2H3. The molecule has 2 aliphatic heterocycles. The number of rotatable bonds is 6. The zero-order chi connectivity index (χ0) is 14.6. The lowest BCUT2D eigenvalue weighted by Gasteiger charge is -2.32. The van der Waals surface area contributed by atoms with Gasteiger partial charge in [-0.25, -0.2) is 12.7 Å². The highest BCUT2D eigenvalue weighted by Gasteiger charge is 2.31. The Labute approximate surface area is 123 Å². The van der Waals surface area contributed by atoms with Gasteiger partial charge in [0.05, 0.1) is 11.9 Å². The maximum atomic E-state index is 12.3. The number of ether oxygens (including phenoxy) is 1. The van der Waals surface area contributed by atoms with Gasteiger partial charge in [-0.1, -0.05) is 13.8 Å². The number of nitrogens with zero attached hydrogens (tertiary/aromatic N) is 1. The highest BCUT2D eigenvalue weighted by molar-refractivity contribution is 7.89. The molecule has 0 saturated carbocycles. The highest BCUT2D eigenvalue weighted by atomic mass is 32.2. The van der Waals surface area contributed by atoms with Crippen LogP contribution in [0.3, 0.4) is 0 Å². The smallest absolute Gasteiger partial charge is 0.216 e. The van der Waals surface area contributed by atoms with Gasteiger partial charge in [-0.2, -0.15) is 0 Å². The molecule has 1 atom stereocenters. The van der Waals surface area contributed by atoms with Gasteiger partial charge < -0.3 is 10.1 Å². The molecule has 0 aliphatic carbocycles. The summed E-state index contributed by atoms with van der Waals surface area (Å²) in [6.45, 7) is 7.32. The molecular weight excluding hydrogens is 276 g/mol. The van der Waals surface area contributed by atoms with Crippen LogP contribution in [0.25, 0.3) is 0 Å². The Hall–Kier alpha value is -0.170. The predicted octanol–water partition coefficient (Wildman–Crippen LogP) is 1.21. The molecule has 0 bridgehead atoms. The molecule has 2 rings (SSSR count). The van der Waals surface area contributed by atoms with Gasteiger partial charge in [0.1, 0.15) is 0 Å². The lowest BCUT2D eigenvalue weighted by Crippen LogP contribution is -2.43. The molecule has 0 spiro atoms. The van der Waals surface area contributed by atoms with Crippen LogP contribution in [-0.4, -0.2) is 56.9 Å². The third-order valence-electron chi connectivity index (χ3n) is 4.20. The molecule has 5 nitrogen and oxygen atoms in total. The van der Waals surface area contributed by atoms with Crippen molar-refractivity contribution < 1.29 is 13.2 Å². The Bertz CT molecular complexity index is 383. The van der Waals surface area contributed by atoms with E-state index in [4.69, 9.17) is 4.74 Å². The third-order valence-corrected chi connectivity index (χ3v) is 6.15. The summed E-state index contributed by atoms with van der Waals surface area (Å²) in [6.07, 6.45) is 3.71. The second kappa shape index (κ2) is 7.20. The van der Waals surface area contributed by atoms with Crippen molar-refractivity contribution in [2.45, 2.75) is 51.7 Å². The molecule has 1 unspecified atom stereocenters. The lowest BCUT2D eigenvalue weighted by molar-refractivity contribution is 0.126. The van der Waals surface area contributed by atoms with Crippen molar-refractivity contribution >= 4 is 10.0 Å². The van der Waals surface area contributed by atoms with Crippen molar-refractivity contribution in [1.82, 2.24) is 9.62 Å². The van der Waals surface area contributed by atoms with E-state index in [1.165, 1.54) is 0 Å². The predicted molar refractivity (Wildman–Crippen MR) is 80.2 cm³/mol. The minimum Gasteiger partial charge on any atom is -0.377 e. The molecule has 20 heavy (non-hydrogen) atoms. The average Bonchev–Trinajstić information content (AvgIpc) is 2.89. The van der Waals surface area contributed by atoms with Gasteiger partial charge in [0.15, 0.2) is 0 Å². The van der Waals surface area contributed by atoms with Crippen molar-refractivity contribution in [3.05, 3.63) is 0 Å². The summed E-state index contributed by atoms with van der Waals surface area (Å²) in [5, 5.41) is 3.44. The molecule has 0 aromatic heterocycles. The first-order chi connectivity index (χ1) is 9.47. The van der Waals surface area contributed by atoms with Crippen LogP contribution in [0, 0.1) is 5.92 Å². The Balaban J connectivity index is 1.77. The molecule has 0 aromatic rings. The van der Waals surface area contributed by atoms with Crippen LogP contribution in [0.1, 0.15) is 39.5 Å². The van der Waals surface area contributed by atoms with Crippen molar-refractivity contribution in [3.63, 3.8) is 0 Å². The van der Waals surface area contributed by atoms with Crippen molar-refractivity contribution in [2.75, 3.05) is 32.0 Å². The maximum Gasteiger partial charge on any atom is 0.216 e. The van der Waals surface area contributed by atoms with Crippen LogP contribution in [-0.2, 0) is 14.8 Å². The van der Waals surface area contributed by atoms with Crippen LogP contribution >= 0.6 is 0 Å². The topological polar surface area (TPSA) is 58.6 Å². The van der Waals surface area contributed by atoms with Gasteiger partial charge in [-0.3, -0.25) is 0 Å². The largest absolute Gasteiger partial charge is 0.377 e. The molecule has 2 heterocycles. The second-order valence-electron chi connectivity index (χ2n) is 6.32. The summed E-state index contributed by atoms with van der Waals surface area (Å²) in [5.74, 6) is 0.772. The first-order valence-electron chi connectivity index (χ1n) is 7.80. The fourth-order valence-electron chi connectivity index (χ4n) is 2.91. The van der Waals surface area contributed by atoms with Crippen LogP contribution < -0.4 is 5.32 Å². The van der Waals surface area contributed by atoms with Crippen molar-refractivity contribution in [1.29, 1.82) is 0 Å². The molecule has 118 valence electrons. The van der Waals surface area contributed by atoms with Crippen LogP contribution in [0.2, 0.25) is 0 Å². The number of nitrogens with one attached hydrogen (secondary N) is 1. The van der Waals surface area contributed by atoms with Gasteiger partial charge in [-0.05, 0) is 38.1 Å². The second-order valence-corrected chi connectivity index (χ2v) is 8.33. The van der Waals surface area contributed by atoms with E-state index >= 15 is 0 Å². The minimum atomic E-state index is -3.13. The van der Waals surface area contributed by atoms with E-state index in [9.17, 15) is 8.42 Å². The highest BCUT2D eigenvalue weighted by Crippen LogP contribution is 2.22. The summed E-state index contributed by atoms with van der Waals surface area (Å²) < 4.78 is 31.8. The number of hydrogen-bond donors (Lipinski definition) is 1. The molecule has 2 aliphatic rings. The van der Waals surface area contributed by atoms with Gasteiger partial charge in [0.2, 0.25) is 10.0 Å². The summed E-state index contributed by atoms with van der Waals surface area (Å²) in [6, 6.07) is 0.497. The molecule has 2 saturated heterocycles. The Morgan fingerprint density at radius 2 is 1.95 bits per heavy atom. The van der Waals surface area contributed by atoms with E-state index in [0.717, 1.165) is 32.2 Å². The SMILES string of the molecule is CC(C)NCC1CCN(S(=O)(=O)CC2CCCO2)CC1. The van der Waals surface area contributed by atoms with Crippen molar-refractivity contribution in [2.24, 2.45) is 5.92 Å². The van der Waals surface area contributed by atoms with Gasteiger partial charge >= 0.3 is 0 Å². The molecule has 6 heteroatoms. The van der Waals surface area contributed by atoms with Gasteiger partial charge in [-0.15, -0.1) is 0 Å². The molecule has 2 fully saturated rings. The van der Waals surface area contributed by atoms with Gasteiger partial charge in [0, 0.05) is 25.7 Å². The first kappa shape index (κ1) is 16.2. The zero-order valence-electron chi connectivity index (χ0n) is 12.7. The molecular formula is C14H28N2O3S. The zero-order valence-corrected chi connectivity index (χ0v) is 13.5. The Morgan fingerprint density at radius 1 is 1.25 bits per heavy atom. The maximum absolute atomic E-state index is 12.3. The molecule has 0 aromatic carbocycles. The van der Waals surface area contributed by atoms with E-state index in [1.807, 2.05) is 0 Å². The summed E-state index contributed by atoms with van der Waals surface area (Å²) in [7, 11) is -3.13. The van der Waals surface area contributed by atoms with Crippen molar-refractivity contribution in [3.8, 4) is 0 Å². The van der Waals surface area contributed by atoms with E-state index in [0.29, 0.717) is 31.7 Å². The number of sulfonamides is 1. The summed E-state index contributed by atoms with van der Waals surface area (Å²) in [4.78, 5) is 0.